The van der Waals surface area contributed by atoms with Gasteiger partial charge in [0.15, 0.2) is 5.78 Å². The first-order chi connectivity index (χ1) is 15.1. The Morgan fingerprint density at radius 3 is 2.77 bits per heavy atom. The Balaban J connectivity index is 1.28. The van der Waals surface area contributed by atoms with E-state index >= 15 is 0 Å². The molecule has 1 saturated heterocycles. The number of fused-ring (bicyclic) bond motifs is 1. The molecule has 0 amide bonds. The number of Topliss-reactive ketones (excluding diaryl/α,β-unsaturated/α-hetero) is 1. The smallest absolute Gasteiger partial charge is 0.163 e. The number of hydrogen-bond acceptors (Lipinski definition) is 5. The molecular weight excluding hydrogens is 395 g/mol. The third-order valence-corrected chi connectivity index (χ3v) is 6.20. The largest absolute Gasteiger partial charge is 0.392 e. The third-order valence-electron chi connectivity index (χ3n) is 6.20. The van der Waals surface area contributed by atoms with Crippen LogP contribution in [0.3, 0.4) is 0 Å². The van der Waals surface area contributed by atoms with Gasteiger partial charge in [0.2, 0.25) is 0 Å². The monoisotopic (exact) mass is 426 g/mol. The predicted molar refractivity (Wildman–Crippen MR) is 119 cm³/mol. The van der Waals surface area contributed by atoms with E-state index in [1.54, 1.807) is 6.07 Å². The summed E-state index contributed by atoms with van der Waals surface area (Å²) in [6.45, 7) is 3.67. The number of ketones is 1. The molecule has 5 nitrogen and oxygen atoms in total. The summed E-state index contributed by atoms with van der Waals surface area (Å²) >= 11 is 0. The van der Waals surface area contributed by atoms with Gasteiger partial charge >= 0.3 is 0 Å². The number of nitrogens with one attached hydrogen (secondary N) is 1. The lowest BCUT2D eigenvalue weighted by Gasteiger charge is -2.30. The van der Waals surface area contributed by atoms with Crippen molar-refractivity contribution in [1.82, 2.24) is 4.90 Å². The highest BCUT2D eigenvalue weighted by Gasteiger charge is 2.20. The fourth-order valence-electron chi connectivity index (χ4n) is 4.45. The normalized spacial score (nSPS) is 18.4. The summed E-state index contributed by atoms with van der Waals surface area (Å²) in [6.07, 6.45) is 2.71. The van der Waals surface area contributed by atoms with Crippen molar-refractivity contribution in [2.45, 2.75) is 50.8 Å². The lowest BCUT2D eigenvalue weighted by Crippen LogP contribution is -2.36. The highest BCUT2D eigenvalue weighted by atomic mass is 19.1. The summed E-state index contributed by atoms with van der Waals surface area (Å²) < 4.78 is 19.5. The van der Waals surface area contributed by atoms with E-state index in [2.05, 4.69) is 28.4 Å². The van der Waals surface area contributed by atoms with Crippen LogP contribution in [0.1, 0.15) is 47.2 Å². The standard InChI is InChI=1S/C25H31FN2O3/c26-21-13-20(14-23(15-21)27-22-8-11-31-12-9-22)25(30)6-5-24(29)17-28-10-7-18-3-1-2-4-19(18)16-28/h1-4,13-15,22,24,27,29H,5-12,16-17H2. The Morgan fingerprint density at radius 2 is 1.97 bits per heavy atom. The van der Waals surface area contributed by atoms with Crippen LogP contribution < -0.4 is 5.32 Å². The van der Waals surface area contributed by atoms with Crippen molar-refractivity contribution in [2.75, 3.05) is 31.6 Å². The number of benzene rings is 2. The summed E-state index contributed by atoms with van der Waals surface area (Å²) in [7, 11) is 0. The van der Waals surface area contributed by atoms with Crippen molar-refractivity contribution in [3.8, 4) is 0 Å². The first kappa shape index (κ1) is 21.9. The number of halogens is 1. The number of anilines is 1. The highest BCUT2D eigenvalue weighted by molar-refractivity contribution is 5.96. The van der Waals surface area contributed by atoms with E-state index in [-0.39, 0.29) is 18.2 Å². The van der Waals surface area contributed by atoms with Gasteiger partial charge in [-0.3, -0.25) is 9.69 Å². The van der Waals surface area contributed by atoms with Crippen LogP contribution >= 0.6 is 0 Å². The van der Waals surface area contributed by atoms with Gasteiger partial charge in [0, 0.05) is 56.6 Å². The Morgan fingerprint density at radius 1 is 1.19 bits per heavy atom. The molecule has 2 aromatic rings. The molecule has 0 bridgehead atoms. The maximum absolute atomic E-state index is 14.1. The lowest BCUT2D eigenvalue weighted by molar-refractivity contribution is 0.0836. The molecule has 1 unspecified atom stereocenters. The summed E-state index contributed by atoms with van der Waals surface area (Å²) in [6, 6.07) is 13.1. The van der Waals surface area contributed by atoms with Crippen LogP contribution in [-0.2, 0) is 17.7 Å². The Hall–Kier alpha value is -2.28. The van der Waals surface area contributed by atoms with E-state index in [9.17, 15) is 14.3 Å². The Kier molecular flexibility index (Phi) is 7.33. The van der Waals surface area contributed by atoms with Crippen LogP contribution in [0.2, 0.25) is 0 Å². The van der Waals surface area contributed by atoms with Crippen molar-refractivity contribution in [2.24, 2.45) is 0 Å². The topological polar surface area (TPSA) is 61.8 Å². The van der Waals surface area contributed by atoms with Crippen LogP contribution in [0.25, 0.3) is 0 Å². The average molecular weight is 427 g/mol. The number of hydrogen-bond donors (Lipinski definition) is 2. The van der Waals surface area contributed by atoms with Crippen molar-refractivity contribution >= 4 is 11.5 Å². The average Bonchev–Trinajstić information content (AvgIpc) is 2.77. The zero-order chi connectivity index (χ0) is 21.6. The quantitative estimate of drug-likeness (QED) is 0.629. The minimum Gasteiger partial charge on any atom is -0.392 e. The summed E-state index contributed by atoms with van der Waals surface area (Å²) in [4.78, 5) is 14.9. The van der Waals surface area contributed by atoms with Crippen LogP contribution in [0, 0.1) is 5.82 Å². The zero-order valence-corrected chi connectivity index (χ0v) is 17.9. The molecule has 0 spiro atoms. The molecule has 4 rings (SSSR count). The van der Waals surface area contributed by atoms with Gasteiger partial charge in [-0.2, -0.15) is 0 Å². The lowest BCUT2D eigenvalue weighted by atomic mass is 9.99. The van der Waals surface area contributed by atoms with Crippen molar-refractivity contribution in [3.63, 3.8) is 0 Å². The third kappa shape index (κ3) is 6.12. The van der Waals surface area contributed by atoms with Crippen LogP contribution in [-0.4, -0.2) is 54.2 Å². The molecule has 2 aliphatic heterocycles. The van der Waals surface area contributed by atoms with Crippen molar-refractivity contribution in [3.05, 3.63) is 65.0 Å². The molecule has 0 aromatic heterocycles. The molecular formula is C25H31FN2O3. The number of β-amino-alcohol motifs (C(OH)–C–C–N with tert-alkyl or cyclic N) is 1. The zero-order valence-electron chi connectivity index (χ0n) is 17.9. The molecule has 2 N–H and O–H groups in total. The maximum Gasteiger partial charge on any atom is 0.163 e. The molecule has 0 radical (unpaired) electrons. The van der Waals surface area contributed by atoms with E-state index in [0.29, 0.717) is 37.4 Å². The molecule has 6 heteroatoms. The van der Waals surface area contributed by atoms with Gasteiger partial charge in [-0.15, -0.1) is 0 Å². The molecule has 1 atom stereocenters. The number of nitrogens with zero attached hydrogens (tertiary/aromatic N) is 1. The number of carbonyl (C=O) groups is 1. The molecule has 31 heavy (non-hydrogen) atoms. The minimum absolute atomic E-state index is 0.141. The molecule has 0 aliphatic carbocycles. The van der Waals surface area contributed by atoms with E-state index in [1.165, 1.54) is 23.3 Å². The van der Waals surface area contributed by atoms with Crippen LogP contribution in [0.4, 0.5) is 10.1 Å². The van der Waals surface area contributed by atoms with E-state index in [0.717, 1.165) is 32.4 Å². The molecule has 2 heterocycles. The van der Waals surface area contributed by atoms with E-state index in [1.807, 2.05) is 6.07 Å². The van der Waals surface area contributed by atoms with Gasteiger partial charge in [0.25, 0.3) is 0 Å². The van der Waals surface area contributed by atoms with Gasteiger partial charge in [-0.05, 0) is 55.0 Å². The second-order valence-corrected chi connectivity index (χ2v) is 8.63. The molecule has 1 fully saturated rings. The van der Waals surface area contributed by atoms with E-state index < -0.39 is 11.9 Å². The molecule has 2 aromatic carbocycles. The van der Waals surface area contributed by atoms with Crippen LogP contribution in [0.5, 0.6) is 0 Å². The van der Waals surface area contributed by atoms with Crippen molar-refractivity contribution in [1.29, 1.82) is 0 Å². The van der Waals surface area contributed by atoms with Gasteiger partial charge in [-0.25, -0.2) is 4.39 Å². The van der Waals surface area contributed by atoms with Crippen molar-refractivity contribution < 1.29 is 19.0 Å². The summed E-state index contributed by atoms with van der Waals surface area (Å²) in [5.41, 5.74) is 3.66. The van der Waals surface area contributed by atoms with Crippen LogP contribution in [0.15, 0.2) is 42.5 Å². The summed E-state index contributed by atoms with van der Waals surface area (Å²) in [5, 5.41) is 13.8. The van der Waals surface area contributed by atoms with Gasteiger partial charge in [0.05, 0.1) is 6.10 Å². The fourth-order valence-corrected chi connectivity index (χ4v) is 4.45. The number of ether oxygens (including phenoxy) is 1. The maximum atomic E-state index is 14.1. The van der Waals surface area contributed by atoms with Gasteiger partial charge in [-0.1, -0.05) is 24.3 Å². The van der Waals surface area contributed by atoms with Gasteiger partial charge < -0.3 is 15.2 Å². The number of rotatable bonds is 8. The molecule has 0 saturated carbocycles. The van der Waals surface area contributed by atoms with E-state index in [4.69, 9.17) is 4.74 Å². The number of aliphatic hydroxyl groups excluding tert-OH is 1. The SMILES string of the molecule is O=C(CCC(O)CN1CCc2ccccc2C1)c1cc(F)cc(NC2CCOCC2)c1. The molecule has 166 valence electrons. The number of carbonyl (C=O) groups excluding carboxylic acids is 1. The number of aliphatic hydroxyl groups is 1. The first-order valence-corrected chi connectivity index (χ1v) is 11.2. The molecule has 2 aliphatic rings. The van der Waals surface area contributed by atoms with Gasteiger partial charge in [0.1, 0.15) is 5.82 Å². The first-order valence-electron chi connectivity index (χ1n) is 11.2. The highest BCUT2D eigenvalue weighted by Crippen LogP contribution is 2.21. The second-order valence-electron chi connectivity index (χ2n) is 8.63. The fraction of sp³-hybridized carbons (Fsp3) is 0.480. The minimum atomic E-state index is -0.581. The Labute approximate surface area is 183 Å². The predicted octanol–water partition coefficient (Wildman–Crippen LogP) is 3.80. The second kappa shape index (κ2) is 10.4. The summed E-state index contributed by atoms with van der Waals surface area (Å²) in [5.74, 6) is -0.564. The Bertz CT molecular complexity index is 898.